The van der Waals surface area contributed by atoms with E-state index in [9.17, 15) is 0 Å². The summed E-state index contributed by atoms with van der Waals surface area (Å²) in [5, 5.41) is 4.83. The summed E-state index contributed by atoms with van der Waals surface area (Å²) in [5.41, 5.74) is 8.53. The normalized spacial score (nSPS) is 11.0. The van der Waals surface area contributed by atoms with Gasteiger partial charge in [0.15, 0.2) is 0 Å². The number of fused-ring (bicyclic) bond motifs is 2. The predicted molar refractivity (Wildman–Crippen MR) is 160 cm³/mol. The summed E-state index contributed by atoms with van der Waals surface area (Å²) in [4.78, 5) is 9.06. The van der Waals surface area contributed by atoms with Crippen LogP contribution < -0.4 is 0 Å². The fourth-order valence-electron chi connectivity index (χ4n) is 5.40. The van der Waals surface area contributed by atoms with Crippen LogP contribution in [-0.2, 0) is 6.42 Å². The number of aliphatic imine (C=N–C) groups is 2. The quantitative estimate of drug-likeness (QED) is 0.215. The second kappa shape index (κ2) is 9.67. The topological polar surface area (TPSA) is 24.7 Å². The van der Waals surface area contributed by atoms with E-state index < -0.39 is 0 Å². The molecule has 2 nitrogen and oxygen atoms in total. The van der Waals surface area contributed by atoms with Crippen LogP contribution in [-0.4, -0.2) is 13.4 Å². The van der Waals surface area contributed by atoms with Gasteiger partial charge in [0, 0.05) is 17.5 Å². The van der Waals surface area contributed by atoms with Crippen molar-refractivity contribution in [3.05, 3.63) is 132 Å². The molecule has 176 valence electrons. The van der Waals surface area contributed by atoms with E-state index in [-0.39, 0.29) is 0 Å². The molecule has 0 heterocycles. The molecule has 0 aromatic heterocycles. The smallest absolute Gasteiger partial charge is 0.0736 e. The molecule has 0 amide bonds. The summed E-state index contributed by atoms with van der Waals surface area (Å²) in [6, 6.07) is 42.5. The van der Waals surface area contributed by atoms with Crippen LogP contribution in [0.25, 0.3) is 43.8 Å². The number of para-hydroxylation sites is 2. The van der Waals surface area contributed by atoms with E-state index >= 15 is 0 Å². The molecule has 0 saturated heterocycles. The molecule has 0 saturated carbocycles. The SMILES string of the molecule is C=Nc1c(Cc2cccc(-c3cccc4ccccc34)c2N=C)cccc1-c1cccc2ccccc12. The van der Waals surface area contributed by atoms with E-state index in [0.29, 0.717) is 6.42 Å². The summed E-state index contributed by atoms with van der Waals surface area (Å²) in [7, 11) is 0. The van der Waals surface area contributed by atoms with Gasteiger partial charge in [-0.2, -0.15) is 0 Å². The van der Waals surface area contributed by atoms with Crippen molar-refractivity contribution in [3.8, 4) is 22.3 Å². The summed E-state index contributed by atoms with van der Waals surface area (Å²) in [5.74, 6) is 0. The highest BCUT2D eigenvalue weighted by atomic mass is 14.7. The summed E-state index contributed by atoms with van der Waals surface area (Å²) in [6.45, 7) is 7.91. The van der Waals surface area contributed by atoms with Crippen LogP contribution in [0.15, 0.2) is 131 Å². The second-order valence-electron chi connectivity index (χ2n) is 9.17. The molecule has 0 aliphatic rings. The molecule has 0 N–H and O–H groups in total. The van der Waals surface area contributed by atoms with Gasteiger partial charge < -0.3 is 0 Å². The van der Waals surface area contributed by atoms with Gasteiger partial charge in [-0.15, -0.1) is 0 Å². The standard InChI is InChI=1S/C35H26N2/c1-36-34-26(15-9-21-32(34)30-19-7-13-24-11-3-5-17-28(24)30)23-27-16-10-22-33(35(27)37-2)31-20-8-14-25-12-4-6-18-29(25)31/h3-22H,1-2,23H2. The Morgan fingerprint density at radius 2 is 0.784 bits per heavy atom. The van der Waals surface area contributed by atoms with Gasteiger partial charge in [0.25, 0.3) is 0 Å². The van der Waals surface area contributed by atoms with E-state index in [1.807, 2.05) is 0 Å². The van der Waals surface area contributed by atoms with Crippen molar-refractivity contribution in [1.82, 2.24) is 0 Å². The molecule has 0 bridgehead atoms. The number of hydrogen-bond acceptors (Lipinski definition) is 2. The van der Waals surface area contributed by atoms with Crippen LogP contribution in [0.4, 0.5) is 11.4 Å². The number of benzene rings is 6. The molecular weight excluding hydrogens is 448 g/mol. The Hall–Kier alpha value is -4.82. The Morgan fingerprint density at radius 1 is 0.405 bits per heavy atom. The molecule has 0 atom stereocenters. The molecule has 2 heteroatoms. The molecule has 6 aromatic carbocycles. The Balaban J connectivity index is 1.48. The van der Waals surface area contributed by atoms with Crippen molar-refractivity contribution in [3.63, 3.8) is 0 Å². The van der Waals surface area contributed by atoms with Crippen molar-refractivity contribution >= 4 is 46.4 Å². The lowest BCUT2D eigenvalue weighted by Crippen LogP contribution is -1.94. The maximum Gasteiger partial charge on any atom is 0.0736 e. The minimum atomic E-state index is 0.680. The molecule has 0 spiro atoms. The molecule has 0 aliphatic carbocycles. The Morgan fingerprint density at radius 3 is 1.24 bits per heavy atom. The zero-order chi connectivity index (χ0) is 25.2. The molecule has 6 rings (SSSR count). The highest BCUT2D eigenvalue weighted by Crippen LogP contribution is 2.41. The minimum Gasteiger partial charge on any atom is -0.264 e. The summed E-state index contributed by atoms with van der Waals surface area (Å²) in [6.07, 6.45) is 0.680. The zero-order valence-corrected chi connectivity index (χ0v) is 20.6. The van der Waals surface area contributed by atoms with E-state index in [4.69, 9.17) is 0 Å². The second-order valence-corrected chi connectivity index (χ2v) is 9.17. The molecule has 37 heavy (non-hydrogen) atoms. The van der Waals surface area contributed by atoms with Crippen molar-refractivity contribution < 1.29 is 0 Å². The lowest BCUT2D eigenvalue weighted by Gasteiger charge is -2.16. The van der Waals surface area contributed by atoms with E-state index in [0.717, 1.165) is 44.8 Å². The third-order valence-electron chi connectivity index (χ3n) is 7.10. The number of hydrogen-bond donors (Lipinski definition) is 0. The first-order valence-electron chi connectivity index (χ1n) is 12.4. The van der Waals surface area contributed by atoms with Crippen LogP contribution >= 0.6 is 0 Å². The highest BCUT2D eigenvalue weighted by molar-refractivity contribution is 6.01. The fraction of sp³-hybridized carbons (Fsp3) is 0.0286. The fourth-order valence-corrected chi connectivity index (χ4v) is 5.40. The Kier molecular flexibility index (Phi) is 5.92. The van der Waals surface area contributed by atoms with Crippen molar-refractivity contribution in [2.45, 2.75) is 6.42 Å². The van der Waals surface area contributed by atoms with Crippen LogP contribution in [0.5, 0.6) is 0 Å². The molecule has 0 fully saturated rings. The van der Waals surface area contributed by atoms with Crippen molar-refractivity contribution in [1.29, 1.82) is 0 Å². The molecule has 0 unspecified atom stereocenters. The van der Waals surface area contributed by atoms with Gasteiger partial charge in [0.2, 0.25) is 0 Å². The highest BCUT2D eigenvalue weighted by Gasteiger charge is 2.16. The summed E-state index contributed by atoms with van der Waals surface area (Å²) >= 11 is 0. The number of rotatable bonds is 6. The van der Waals surface area contributed by atoms with Gasteiger partial charge in [0.1, 0.15) is 0 Å². The van der Waals surface area contributed by atoms with E-state index in [1.54, 1.807) is 0 Å². The largest absolute Gasteiger partial charge is 0.264 e. The maximum atomic E-state index is 4.53. The average molecular weight is 475 g/mol. The molecule has 0 aliphatic heterocycles. The maximum absolute atomic E-state index is 4.53. The van der Waals surface area contributed by atoms with E-state index in [2.05, 4.69) is 145 Å². The Bertz CT molecular complexity index is 1650. The first kappa shape index (κ1) is 22.6. The molecule has 0 radical (unpaired) electrons. The first-order valence-corrected chi connectivity index (χ1v) is 12.4. The average Bonchev–Trinajstić information content (AvgIpc) is 2.96. The van der Waals surface area contributed by atoms with E-state index in [1.165, 1.54) is 21.5 Å². The van der Waals surface area contributed by atoms with Gasteiger partial charge in [-0.25, -0.2) is 0 Å². The molecule has 6 aromatic rings. The van der Waals surface area contributed by atoms with Crippen LogP contribution in [0, 0.1) is 0 Å². The van der Waals surface area contributed by atoms with Crippen molar-refractivity contribution in [2.24, 2.45) is 9.98 Å². The van der Waals surface area contributed by atoms with Crippen LogP contribution in [0.2, 0.25) is 0 Å². The minimum absolute atomic E-state index is 0.680. The lowest BCUT2D eigenvalue weighted by molar-refractivity contribution is 1.18. The monoisotopic (exact) mass is 474 g/mol. The van der Waals surface area contributed by atoms with Crippen LogP contribution in [0.1, 0.15) is 11.1 Å². The van der Waals surface area contributed by atoms with Crippen LogP contribution in [0.3, 0.4) is 0 Å². The molecular formula is C35H26N2. The zero-order valence-electron chi connectivity index (χ0n) is 20.6. The van der Waals surface area contributed by atoms with Gasteiger partial charge in [-0.1, -0.05) is 121 Å². The summed E-state index contributed by atoms with van der Waals surface area (Å²) < 4.78 is 0. The van der Waals surface area contributed by atoms with Gasteiger partial charge in [-0.05, 0) is 57.2 Å². The third kappa shape index (κ3) is 4.03. The predicted octanol–water partition coefficient (Wildman–Crippen LogP) is 9.58. The Labute approximate surface area is 217 Å². The van der Waals surface area contributed by atoms with Gasteiger partial charge in [-0.3, -0.25) is 9.98 Å². The van der Waals surface area contributed by atoms with Gasteiger partial charge >= 0.3 is 0 Å². The first-order chi connectivity index (χ1) is 18.3. The lowest BCUT2D eigenvalue weighted by atomic mass is 9.91. The van der Waals surface area contributed by atoms with Crippen molar-refractivity contribution in [2.75, 3.05) is 0 Å². The number of nitrogens with zero attached hydrogens (tertiary/aromatic N) is 2. The third-order valence-corrected chi connectivity index (χ3v) is 7.10. The van der Waals surface area contributed by atoms with Gasteiger partial charge in [0.05, 0.1) is 11.4 Å².